The molecule has 5 nitrogen and oxygen atoms in total. The molecule has 1 saturated heterocycles. The van der Waals surface area contributed by atoms with E-state index in [-0.39, 0.29) is 24.9 Å². The Morgan fingerprint density at radius 3 is 2.67 bits per heavy atom. The van der Waals surface area contributed by atoms with Gasteiger partial charge in [-0.2, -0.15) is 13.2 Å². The third-order valence-electron chi connectivity index (χ3n) is 4.53. The smallest absolute Gasteiger partial charge is 0.381 e. The Balaban J connectivity index is 0.00000261. The lowest BCUT2D eigenvalue weighted by atomic mass is 9.79. The van der Waals surface area contributed by atoms with Crippen LogP contribution in [0.2, 0.25) is 0 Å². The van der Waals surface area contributed by atoms with Crippen molar-refractivity contribution in [2.75, 3.05) is 25.1 Å². The number of hydrogen-bond donors (Lipinski definition) is 2. The van der Waals surface area contributed by atoms with Gasteiger partial charge >= 0.3 is 6.18 Å². The number of rotatable bonds is 4. The van der Waals surface area contributed by atoms with Crippen LogP contribution in [0.5, 0.6) is 0 Å². The first kappa shape index (κ1) is 21.6. The fourth-order valence-corrected chi connectivity index (χ4v) is 3.55. The van der Waals surface area contributed by atoms with E-state index in [0.29, 0.717) is 42.4 Å². The maximum atomic E-state index is 12.9. The molecule has 1 amide bonds. The van der Waals surface area contributed by atoms with E-state index in [1.807, 2.05) is 0 Å². The summed E-state index contributed by atoms with van der Waals surface area (Å²) in [5.41, 5.74) is 5.10. The predicted octanol–water partition coefficient (Wildman–Crippen LogP) is 3.94. The topological polar surface area (TPSA) is 77.2 Å². The first-order chi connectivity index (χ1) is 12.3. The molecular formula is C17H19ClF3N3O2S. The van der Waals surface area contributed by atoms with Crippen molar-refractivity contribution in [1.29, 1.82) is 0 Å². The molecule has 0 bridgehead atoms. The van der Waals surface area contributed by atoms with E-state index in [4.69, 9.17) is 10.5 Å². The maximum absolute atomic E-state index is 12.9. The van der Waals surface area contributed by atoms with Crippen LogP contribution >= 0.6 is 23.7 Å². The molecule has 148 valence electrons. The molecule has 0 atom stereocenters. The first-order valence-electron chi connectivity index (χ1n) is 8.06. The summed E-state index contributed by atoms with van der Waals surface area (Å²) in [6.45, 7) is 1.14. The van der Waals surface area contributed by atoms with Crippen molar-refractivity contribution in [1.82, 2.24) is 4.98 Å². The van der Waals surface area contributed by atoms with E-state index >= 15 is 0 Å². The van der Waals surface area contributed by atoms with Crippen LogP contribution in [0.1, 0.15) is 18.4 Å². The van der Waals surface area contributed by atoms with Crippen molar-refractivity contribution in [2.45, 2.75) is 19.0 Å². The number of benzene rings is 1. The van der Waals surface area contributed by atoms with Gasteiger partial charge in [0, 0.05) is 30.7 Å². The fourth-order valence-electron chi connectivity index (χ4n) is 2.83. The van der Waals surface area contributed by atoms with Crippen molar-refractivity contribution in [2.24, 2.45) is 11.1 Å². The Hall–Kier alpha value is -1.68. The van der Waals surface area contributed by atoms with E-state index in [1.165, 1.54) is 6.07 Å². The summed E-state index contributed by atoms with van der Waals surface area (Å²) in [7, 11) is 0. The lowest BCUT2D eigenvalue weighted by molar-refractivity contribution is -0.137. The summed E-state index contributed by atoms with van der Waals surface area (Å²) in [6.07, 6.45) is -3.36. The zero-order chi connectivity index (χ0) is 18.8. The quantitative estimate of drug-likeness (QED) is 0.783. The van der Waals surface area contributed by atoms with E-state index < -0.39 is 17.2 Å². The number of carbonyl (C=O) groups is 1. The highest BCUT2D eigenvalue weighted by Gasteiger charge is 2.39. The molecule has 3 rings (SSSR count). The van der Waals surface area contributed by atoms with Crippen molar-refractivity contribution >= 4 is 34.8 Å². The minimum absolute atomic E-state index is 0. The standard InChI is InChI=1S/C17H18F3N3O2S.ClH/c18-17(19,20)12-3-1-2-11(8-12)13-9-26-15(22-13)23-14(24)16(10-21)4-6-25-7-5-16;/h1-3,8-9H,4-7,10,21H2,(H,22,23,24);1H. The second-order valence-corrected chi connectivity index (χ2v) is 7.03. The highest BCUT2D eigenvalue weighted by molar-refractivity contribution is 7.14. The summed E-state index contributed by atoms with van der Waals surface area (Å²) >= 11 is 1.16. The number of alkyl halides is 3. The Bertz CT molecular complexity index is 792. The van der Waals surface area contributed by atoms with Gasteiger partial charge in [-0.15, -0.1) is 23.7 Å². The molecular weight excluding hydrogens is 403 g/mol. The number of nitrogens with two attached hydrogens (primary N) is 1. The SMILES string of the molecule is Cl.NCC1(C(=O)Nc2nc(-c3cccc(C(F)(F)F)c3)cs2)CCOCC1. The molecule has 0 unspecified atom stereocenters. The normalized spacial score (nSPS) is 16.4. The molecule has 0 aliphatic carbocycles. The molecule has 2 aromatic rings. The third-order valence-corrected chi connectivity index (χ3v) is 5.29. The van der Waals surface area contributed by atoms with Gasteiger partial charge in [0.2, 0.25) is 5.91 Å². The van der Waals surface area contributed by atoms with Crippen LogP contribution in [-0.4, -0.2) is 30.6 Å². The van der Waals surface area contributed by atoms with Crippen molar-refractivity contribution < 1.29 is 22.7 Å². The first-order valence-corrected chi connectivity index (χ1v) is 8.94. The molecule has 1 aliphatic heterocycles. The van der Waals surface area contributed by atoms with Crippen LogP contribution in [0, 0.1) is 5.41 Å². The van der Waals surface area contributed by atoms with Gasteiger partial charge in [0.15, 0.2) is 5.13 Å². The zero-order valence-electron chi connectivity index (χ0n) is 14.2. The number of hydrogen-bond acceptors (Lipinski definition) is 5. The van der Waals surface area contributed by atoms with Crippen LogP contribution in [0.4, 0.5) is 18.3 Å². The summed E-state index contributed by atoms with van der Waals surface area (Å²) in [5.74, 6) is -0.228. The number of nitrogens with one attached hydrogen (secondary N) is 1. The number of aromatic nitrogens is 1. The lowest BCUT2D eigenvalue weighted by Gasteiger charge is -2.34. The van der Waals surface area contributed by atoms with Crippen molar-refractivity contribution in [3.8, 4) is 11.3 Å². The van der Waals surface area contributed by atoms with Crippen LogP contribution in [0.15, 0.2) is 29.6 Å². The van der Waals surface area contributed by atoms with Gasteiger partial charge in [0.05, 0.1) is 16.7 Å². The van der Waals surface area contributed by atoms with Crippen LogP contribution in [-0.2, 0) is 15.7 Å². The lowest BCUT2D eigenvalue weighted by Crippen LogP contribution is -2.46. The Morgan fingerprint density at radius 2 is 2.04 bits per heavy atom. The summed E-state index contributed by atoms with van der Waals surface area (Å²) < 4.78 is 43.8. The number of nitrogens with zero attached hydrogens (tertiary/aromatic N) is 1. The maximum Gasteiger partial charge on any atom is 0.416 e. The second-order valence-electron chi connectivity index (χ2n) is 6.17. The van der Waals surface area contributed by atoms with E-state index in [0.717, 1.165) is 23.5 Å². The number of thiazole rings is 1. The van der Waals surface area contributed by atoms with Crippen molar-refractivity contribution in [3.63, 3.8) is 0 Å². The highest BCUT2D eigenvalue weighted by Crippen LogP contribution is 2.34. The predicted molar refractivity (Wildman–Crippen MR) is 100.0 cm³/mol. The van der Waals surface area contributed by atoms with Crippen LogP contribution < -0.4 is 11.1 Å². The molecule has 10 heteroatoms. The number of carbonyl (C=O) groups excluding carboxylic acids is 1. The van der Waals surface area contributed by atoms with Crippen LogP contribution in [0.25, 0.3) is 11.3 Å². The second kappa shape index (κ2) is 8.55. The van der Waals surface area contributed by atoms with Gasteiger partial charge < -0.3 is 15.8 Å². The molecule has 3 N–H and O–H groups in total. The van der Waals surface area contributed by atoms with Gasteiger partial charge in [-0.05, 0) is 25.0 Å². The van der Waals surface area contributed by atoms with E-state index in [1.54, 1.807) is 11.4 Å². The largest absolute Gasteiger partial charge is 0.416 e. The Morgan fingerprint density at radius 1 is 1.33 bits per heavy atom. The monoisotopic (exact) mass is 421 g/mol. The van der Waals surface area contributed by atoms with Crippen molar-refractivity contribution in [3.05, 3.63) is 35.2 Å². The van der Waals surface area contributed by atoms with Crippen LogP contribution in [0.3, 0.4) is 0 Å². The summed E-state index contributed by atoms with van der Waals surface area (Å²) in [6, 6.07) is 4.94. The highest BCUT2D eigenvalue weighted by atomic mass is 35.5. The van der Waals surface area contributed by atoms with Gasteiger partial charge in [0.1, 0.15) is 0 Å². The molecule has 1 aromatic carbocycles. The molecule has 2 heterocycles. The van der Waals surface area contributed by atoms with Gasteiger partial charge in [0.25, 0.3) is 0 Å². The van der Waals surface area contributed by atoms with Gasteiger partial charge in [-0.1, -0.05) is 12.1 Å². The Kier molecular flexibility index (Phi) is 6.85. The fraction of sp³-hybridized carbons (Fsp3) is 0.412. The number of anilines is 1. The Labute approximate surface area is 164 Å². The summed E-state index contributed by atoms with van der Waals surface area (Å²) in [4.78, 5) is 16.9. The van der Waals surface area contributed by atoms with E-state index in [2.05, 4.69) is 10.3 Å². The van der Waals surface area contributed by atoms with Gasteiger partial charge in [-0.25, -0.2) is 4.98 Å². The molecule has 1 aliphatic rings. The molecule has 0 saturated carbocycles. The molecule has 0 radical (unpaired) electrons. The third kappa shape index (κ3) is 4.78. The minimum atomic E-state index is -4.42. The number of amides is 1. The van der Waals surface area contributed by atoms with Gasteiger partial charge in [-0.3, -0.25) is 4.79 Å². The summed E-state index contributed by atoms with van der Waals surface area (Å²) in [5, 5.41) is 4.70. The average Bonchev–Trinajstić information content (AvgIpc) is 3.10. The number of ether oxygens (including phenoxy) is 1. The average molecular weight is 422 g/mol. The number of halogens is 4. The zero-order valence-corrected chi connectivity index (χ0v) is 15.8. The molecule has 1 aromatic heterocycles. The van der Waals surface area contributed by atoms with E-state index in [9.17, 15) is 18.0 Å². The molecule has 0 spiro atoms. The molecule has 27 heavy (non-hydrogen) atoms. The minimum Gasteiger partial charge on any atom is -0.381 e. The molecule has 1 fully saturated rings.